The molecule has 0 spiro atoms. The van der Waals surface area contributed by atoms with E-state index in [0.29, 0.717) is 0 Å². The summed E-state index contributed by atoms with van der Waals surface area (Å²) in [5.74, 6) is 0.144. The lowest BCUT2D eigenvalue weighted by Crippen LogP contribution is -2.41. The number of hydrogen-bond acceptors (Lipinski definition) is 3. The molecule has 1 aromatic carbocycles. The molecule has 4 heteroatoms. The van der Waals surface area contributed by atoms with Gasteiger partial charge in [-0.15, -0.1) is 0 Å². The van der Waals surface area contributed by atoms with Crippen molar-refractivity contribution < 1.29 is 8.42 Å². The van der Waals surface area contributed by atoms with Crippen molar-refractivity contribution >= 4 is 9.84 Å². The van der Waals surface area contributed by atoms with E-state index < -0.39 is 9.84 Å². The molecule has 2 rings (SSSR count). The molecule has 118 valence electrons. The van der Waals surface area contributed by atoms with E-state index in [0.717, 1.165) is 24.8 Å². The molecule has 0 amide bonds. The van der Waals surface area contributed by atoms with Gasteiger partial charge in [0.15, 0.2) is 9.84 Å². The van der Waals surface area contributed by atoms with Crippen molar-refractivity contribution in [3.05, 3.63) is 35.4 Å². The van der Waals surface area contributed by atoms with Gasteiger partial charge < -0.3 is 5.32 Å². The Balaban J connectivity index is 2.45. The van der Waals surface area contributed by atoms with Gasteiger partial charge in [-0.2, -0.15) is 0 Å². The lowest BCUT2D eigenvalue weighted by molar-refractivity contribution is 0.480. The molecule has 3 atom stereocenters. The third kappa shape index (κ3) is 3.16. The Labute approximate surface area is 129 Å². The van der Waals surface area contributed by atoms with Gasteiger partial charge in [-0.3, -0.25) is 0 Å². The molecule has 1 aliphatic rings. The molecule has 0 fully saturated rings. The van der Waals surface area contributed by atoms with E-state index in [4.69, 9.17) is 0 Å². The maximum Gasteiger partial charge on any atom is 0.157 e. The van der Waals surface area contributed by atoms with Crippen LogP contribution in [0.2, 0.25) is 0 Å². The van der Waals surface area contributed by atoms with Crippen molar-refractivity contribution in [2.24, 2.45) is 5.92 Å². The van der Waals surface area contributed by atoms with Crippen molar-refractivity contribution in [3.63, 3.8) is 0 Å². The average molecular weight is 309 g/mol. The fourth-order valence-corrected chi connectivity index (χ4v) is 5.74. The molecular weight excluding hydrogens is 282 g/mol. The van der Waals surface area contributed by atoms with Crippen molar-refractivity contribution in [1.82, 2.24) is 5.32 Å². The zero-order valence-electron chi connectivity index (χ0n) is 13.5. The van der Waals surface area contributed by atoms with Gasteiger partial charge in [0.2, 0.25) is 0 Å². The second-order valence-corrected chi connectivity index (χ2v) is 8.96. The summed E-state index contributed by atoms with van der Waals surface area (Å²) in [5, 5.41) is 2.64. The second kappa shape index (κ2) is 6.49. The molecule has 0 saturated heterocycles. The summed E-state index contributed by atoms with van der Waals surface area (Å²) in [7, 11) is -1.28. The summed E-state index contributed by atoms with van der Waals surface area (Å²) in [4.78, 5) is 0. The number of nitrogens with one attached hydrogen (secondary N) is 1. The molecule has 0 saturated carbocycles. The Morgan fingerprint density at radius 3 is 2.48 bits per heavy atom. The summed E-state index contributed by atoms with van der Waals surface area (Å²) in [6.45, 7) is 5.83. The van der Waals surface area contributed by atoms with Gasteiger partial charge >= 0.3 is 0 Å². The standard InChI is InChI=1S/C17H27NO2S/c1-12(2)13(3)21(19,20)16-11-7-9-14-8-5-6-10-15(14)17(16)18-4/h5-6,8,10,12-13,16-18H,7,9,11H2,1-4H3. The Morgan fingerprint density at radius 2 is 1.86 bits per heavy atom. The van der Waals surface area contributed by atoms with E-state index >= 15 is 0 Å². The van der Waals surface area contributed by atoms with Gasteiger partial charge in [0.1, 0.15) is 0 Å². The quantitative estimate of drug-likeness (QED) is 0.869. The molecular formula is C17H27NO2S. The highest BCUT2D eigenvalue weighted by atomic mass is 32.2. The summed E-state index contributed by atoms with van der Waals surface area (Å²) in [6.07, 6.45) is 2.64. The minimum atomic E-state index is -3.15. The Morgan fingerprint density at radius 1 is 1.19 bits per heavy atom. The third-order valence-corrected chi connectivity index (χ3v) is 7.82. The first kappa shape index (κ1) is 16.5. The predicted molar refractivity (Wildman–Crippen MR) is 88.2 cm³/mol. The monoisotopic (exact) mass is 309 g/mol. The van der Waals surface area contributed by atoms with Crippen LogP contribution in [0.15, 0.2) is 24.3 Å². The molecule has 0 bridgehead atoms. The van der Waals surface area contributed by atoms with Crippen LogP contribution in [0.25, 0.3) is 0 Å². The Hall–Kier alpha value is -0.870. The smallest absolute Gasteiger partial charge is 0.157 e. The van der Waals surface area contributed by atoms with Crippen LogP contribution in [0.5, 0.6) is 0 Å². The minimum Gasteiger partial charge on any atom is -0.312 e. The third-order valence-electron chi connectivity index (χ3n) is 4.89. The van der Waals surface area contributed by atoms with E-state index in [1.165, 1.54) is 5.56 Å². The first-order valence-corrected chi connectivity index (χ1v) is 9.48. The number of rotatable bonds is 4. The Bertz CT molecular complexity index is 580. The molecule has 0 aliphatic heterocycles. The lowest BCUT2D eigenvalue weighted by atomic mass is 9.99. The predicted octanol–water partition coefficient (Wildman–Crippen LogP) is 3.11. The van der Waals surface area contributed by atoms with E-state index in [1.54, 1.807) is 0 Å². The van der Waals surface area contributed by atoms with Gasteiger partial charge in [0.25, 0.3) is 0 Å². The molecule has 1 aromatic rings. The minimum absolute atomic E-state index is 0.102. The van der Waals surface area contributed by atoms with Gasteiger partial charge in [-0.05, 0) is 50.3 Å². The van der Waals surface area contributed by atoms with Crippen LogP contribution in [-0.4, -0.2) is 26.0 Å². The van der Waals surface area contributed by atoms with E-state index in [1.807, 2.05) is 40.0 Å². The normalized spacial score (nSPS) is 24.4. The summed E-state index contributed by atoms with van der Waals surface area (Å²) < 4.78 is 26.0. The van der Waals surface area contributed by atoms with Crippen molar-refractivity contribution in [3.8, 4) is 0 Å². The molecule has 0 radical (unpaired) electrons. The fraction of sp³-hybridized carbons (Fsp3) is 0.647. The SMILES string of the molecule is CNC1c2ccccc2CCCC1S(=O)(=O)C(C)C(C)C. The van der Waals surface area contributed by atoms with Gasteiger partial charge in [-0.25, -0.2) is 8.42 Å². The maximum absolute atomic E-state index is 13.0. The van der Waals surface area contributed by atoms with Crippen molar-refractivity contribution in [2.75, 3.05) is 7.05 Å². The highest BCUT2D eigenvalue weighted by molar-refractivity contribution is 7.92. The Kier molecular flexibility index (Phi) is 5.10. The molecule has 1 N–H and O–H groups in total. The van der Waals surface area contributed by atoms with Crippen molar-refractivity contribution in [2.45, 2.75) is 56.6 Å². The van der Waals surface area contributed by atoms with Crippen LogP contribution in [-0.2, 0) is 16.3 Å². The highest BCUT2D eigenvalue weighted by Gasteiger charge is 2.39. The first-order valence-electron chi connectivity index (χ1n) is 7.87. The highest BCUT2D eigenvalue weighted by Crippen LogP contribution is 2.35. The van der Waals surface area contributed by atoms with Gasteiger partial charge in [0.05, 0.1) is 10.5 Å². The molecule has 0 heterocycles. The number of aryl methyl sites for hydroxylation is 1. The number of hydrogen-bond donors (Lipinski definition) is 1. The van der Waals surface area contributed by atoms with Crippen LogP contribution in [0.1, 0.15) is 50.8 Å². The molecule has 1 aliphatic carbocycles. The largest absolute Gasteiger partial charge is 0.312 e. The average Bonchev–Trinajstić information content (AvgIpc) is 2.65. The van der Waals surface area contributed by atoms with Crippen LogP contribution in [0.3, 0.4) is 0 Å². The summed E-state index contributed by atoms with van der Waals surface area (Å²) >= 11 is 0. The van der Waals surface area contributed by atoms with Gasteiger partial charge in [0, 0.05) is 6.04 Å². The van der Waals surface area contributed by atoms with E-state index in [9.17, 15) is 8.42 Å². The zero-order chi connectivity index (χ0) is 15.6. The summed E-state index contributed by atoms with van der Waals surface area (Å²) in [5.41, 5.74) is 2.44. The maximum atomic E-state index is 13.0. The van der Waals surface area contributed by atoms with E-state index in [2.05, 4.69) is 17.4 Å². The van der Waals surface area contributed by atoms with Crippen LogP contribution >= 0.6 is 0 Å². The second-order valence-electron chi connectivity index (χ2n) is 6.43. The molecule has 3 nitrogen and oxygen atoms in total. The number of sulfone groups is 1. The topological polar surface area (TPSA) is 46.2 Å². The zero-order valence-corrected chi connectivity index (χ0v) is 14.3. The molecule has 0 aromatic heterocycles. The van der Waals surface area contributed by atoms with E-state index in [-0.39, 0.29) is 22.5 Å². The summed E-state index contributed by atoms with van der Waals surface area (Å²) in [6, 6.07) is 8.14. The number of fused-ring (bicyclic) bond motifs is 1. The molecule has 3 unspecified atom stereocenters. The van der Waals surface area contributed by atoms with Crippen LogP contribution in [0.4, 0.5) is 0 Å². The van der Waals surface area contributed by atoms with Crippen LogP contribution in [0, 0.1) is 5.92 Å². The number of benzene rings is 1. The fourth-order valence-electron chi connectivity index (χ4n) is 3.28. The first-order chi connectivity index (χ1) is 9.89. The van der Waals surface area contributed by atoms with Crippen molar-refractivity contribution in [1.29, 1.82) is 0 Å². The van der Waals surface area contributed by atoms with Gasteiger partial charge in [-0.1, -0.05) is 38.1 Å². The van der Waals surface area contributed by atoms with Crippen LogP contribution < -0.4 is 5.32 Å². The lowest BCUT2D eigenvalue weighted by Gasteiger charge is -2.30. The molecule has 21 heavy (non-hydrogen) atoms.